The number of hydrogen-bond donors (Lipinski definition) is 0. The third kappa shape index (κ3) is 3.68. The van der Waals surface area contributed by atoms with Crippen molar-refractivity contribution in [1.29, 1.82) is 0 Å². The predicted molar refractivity (Wildman–Crippen MR) is 95.7 cm³/mol. The van der Waals surface area contributed by atoms with Crippen molar-refractivity contribution in [3.8, 4) is 0 Å². The summed E-state index contributed by atoms with van der Waals surface area (Å²) in [4.78, 5) is 32.6. The molecule has 2 heterocycles. The van der Waals surface area contributed by atoms with Gasteiger partial charge in [0.1, 0.15) is 6.33 Å². The molecular weight excluding hydrogens is 379 g/mol. The molecule has 0 N–H and O–H groups in total. The molecule has 0 atom stereocenters. The Labute approximate surface area is 158 Å². The molecule has 0 aliphatic rings. The van der Waals surface area contributed by atoms with E-state index in [-0.39, 0.29) is 23.8 Å². The smallest absolute Gasteiger partial charge is 0.310 e. The molecule has 134 valence electrons. The van der Waals surface area contributed by atoms with E-state index in [2.05, 4.69) is 15.1 Å². The van der Waals surface area contributed by atoms with Crippen molar-refractivity contribution in [3.05, 3.63) is 57.1 Å². The van der Waals surface area contributed by atoms with Crippen molar-refractivity contribution < 1.29 is 14.3 Å². The topological polar surface area (TPSA) is 86.4 Å². The summed E-state index contributed by atoms with van der Waals surface area (Å²) < 4.78 is 6.65. The quantitative estimate of drug-likeness (QED) is 0.489. The summed E-state index contributed by atoms with van der Waals surface area (Å²) in [5.74, 6) is -0.437. The molecule has 2 aromatic heterocycles. The fourth-order valence-corrected chi connectivity index (χ4v) is 2.80. The predicted octanol–water partition coefficient (Wildman–Crippen LogP) is 3.02. The van der Waals surface area contributed by atoms with E-state index < -0.39 is 5.97 Å². The maximum Gasteiger partial charge on any atom is 0.310 e. The Balaban J connectivity index is 1.67. The van der Waals surface area contributed by atoms with Crippen LogP contribution in [-0.4, -0.2) is 37.9 Å². The Morgan fingerprint density at radius 3 is 2.69 bits per heavy atom. The van der Waals surface area contributed by atoms with Gasteiger partial charge in [0.05, 0.1) is 16.5 Å². The lowest BCUT2D eigenvalue weighted by molar-refractivity contribution is -0.141. The van der Waals surface area contributed by atoms with Gasteiger partial charge in [-0.3, -0.25) is 9.59 Å². The zero-order valence-corrected chi connectivity index (χ0v) is 15.5. The molecule has 0 saturated heterocycles. The third-order valence-corrected chi connectivity index (χ3v) is 4.65. The number of carbonyl (C=O) groups is 2. The van der Waals surface area contributed by atoms with Crippen LogP contribution in [0, 0.1) is 13.8 Å². The second-order valence-electron chi connectivity index (χ2n) is 5.62. The van der Waals surface area contributed by atoms with Crippen LogP contribution in [0.15, 0.2) is 24.5 Å². The summed E-state index contributed by atoms with van der Waals surface area (Å²) in [6.07, 6.45) is 1.38. The van der Waals surface area contributed by atoms with Gasteiger partial charge in [0.15, 0.2) is 12.4 Å². The monoisotopic (exact) mass is 392 g/mol. The number of Topliss-reactive ketones (excluding diaryl/α,β-unsaturated/α-hetero) is 1. The van der Waals surface area contributed by atoms with Gasteiger partial charge >= 0.3 is 5.97 Å². The van der Waals surface area contributed by atoms with E-state index in [4.69, 9.17) is 27.9 Å². The van der Waals surface area contributed by atoms with Crippen LogP contribution in [0.1, 0.15) is 27.3 Å². The van der Waals surface area contributed by atoms with Gasteiger partial charge in [-0.2, -0.15) is 10.1 Å². The second kappa shape index (κ2) is 7.39. The summed E-state index contributed by atoms with van der Waals surface area (Å²) in [5.41, 5.74) is 2.42. The molecule has 7 nitrogen and oxygen atoms in total. The number of aryl methyl sites for hydroxylation is 2. The van der Waals surface area contributed by atoms with Gasteiger partial charge in [-0.05, 0) is 32.0 Å². The van der Waals surface area contributed by atoms with E-state index >= 15 is 0 Å². The van der Waals surface area contributed by atoms with Gasteiger partial charge in [-0.25, -0.2) is 9.50 Å². The van der Waals surface area contributed by atoms with E-state index in [1.165, 1.54) is 24.5 Å². The molecule has 0 aliphatic heterocycles. The minimum absolute atomic E-state index is 0.0187. The van der Waals surface area contributed by atoms with Gasteiger partial charge in [0.25, 0.3) is 5.78 Å². The SMILES string of the molecule is Cc1nc2ncnn2c(C)c1CC(=O)OCC(=O)c1ccc(Cl)c(Cl)c1. The fourth-order valence-electron chi connectivity index (χ4n) is 2.51. The largest absolute Gasteiger partial charge is 0.457 e. The number of ether oxygens (including phenoxy) is 1. The highest BCUT2D eigenvalue weighted by atomic mass is 35.5. The molecule has 3 rings (SSSR count). The number of fused-ring (bicyclic) bond motifs is 1. The first kappa shape index (κ1) is 18.3. The zero-order chi connectivity index (χ0) is 18.8. The first-order chi connectivity index (χ1) is 12.4. The van der Waals surface area contributed by atoms with E-state index in [1.54, 1.807) is 11.4 Å². The van der Waals surface area contributed by atoms with E-state index in [0.29, 0.717) is 27.6 Å². The lowest BCUT2D eigenvalue weighted by atomic mass is 10.1. The van der Waals surface area contributed by atoms with Gasteiger partial charge in [-0.1, -0.05) is 23.2 Å². The first-order valence-corrected chi connectivity index (χ1v) is 8.42. The Kier molecular flexibility index (Phi) is 5.20. The molecule has 0 fully saturated rings. The number of carbonyl (C=O) groups excluding carboxylic acids is 2. The van der Waals surface area contributed by atoms with Crippen molar-refractivity contribution in [2.24, 2.45) is 0 Å². The van der Waals surface area contributed by atoms with Crippen LogP contribution in [0.2, 0.25) is 10.0 Å². The third-order valence-electron chi connectivity index (χ3n) is 3.92. The van der Waals surface area contributed by atoms with Gasteiger partial charge in [0.2, 0.25) is 0 Å². The average molecular weight is 393 g/mol. The molecule has 9 heteroatoms. The average Bonchev–Trinajstić information content (AvgIpc) is 3.07. The van der Waals surface area contributed by atoms with Crippen LogP contribution in [-0.2, 0) is 16.0 Å². The molecular formula is C17H14Cl2N4O3. The molecule has 0 unspecified atom stereocenters. The van der Waals surface area contributed by atoms with Gasteiger partial charge < -0.3 is 4.74 Å². The van der Waals surface area contributed by atoms with Crippen molar-refractivity contribution in [2.75, 3.05) is 6.61 Å². The van der Waals surface area contributed by atoms with Crippen molar-refractivity contribution in [3.63, 3.8) is 0 Å². The first-order valence-electron chi connectivity index (χ1n) is 7.66. The Hall–Kier alpha value is -2.51. The molecule has 0 bridgehead atoms. The Bertz CT molecular complexity index is 1020. The zero-order valence-electron chi connectivity index (χ0n) is 14.0. The second-order valence-corrected chi connectivity index (χ2v) is 6.44. The fraction of sp³-hybridized carbons (Fsp3) is 0.235. The lowest BCUT2D eigenvalue weighted by Crippen LogP contribution is -2.17. The Morgan fingerprint density at radius 2 is 1.96 bits per heavy atom. The van der Waals surface area contributed by atoms with Gasteiger partial charge in [0, 0.05) is 22.5 Å². The molecule has 3 aromatic rings. The van der Waals surface area contributed by atoms with Crippen molar-refractivity contribution >= 4 is 40.7 Å². The number of hydrogen-bond acceptors (Lipinski definition) is 6. The molecule has 0 saturated carbocycles. The highest BCUT2D eigenvalue weighted by Crippen LogP contribution is 2.23. The highest BCUT2D eigenvalue weighted by molar-refractivity contribution is 6.42. The normalized spacial score (nSPS) is 10.9. The highest BCUT2D eigenvalue weighted by Gasteiger charge is 2.17. The number of esters is 1. The van der Waals surface area contributed by atoms with Crippen LogP contribution in [0.3, 0.4) is 0 Å². The van der Waals surface area contributed by atoms with Crippen molar-refractivity contribution in [2.45, 2.75) is 20.3 Å². The van der Waals surface area contributed by atoms with Crippen LogP contribution in [0.4, 0.5) is 0 Å². The summed E-state index contributed by atoms with van der Waals surface area (Å²) in [6, 6.07) is 4.49. The summed E-state index contributed by atoms with van der Waals surface area (Å²) in [7, 11) is 0. The Morgan fingerprint density at radius 1 is 1.19 bits per heavy atom. The molecule has 1 aromatic carbocycles. The van der Waals surface area contributed by atoms with Crippen molar-refractivity contribution in [1.82, 2.24) is 19.6 Å². The standard InChI is InChI=1S/C17H14Cl2N4O3/c1-9-12(10(2)23-17(22-9)20-8-21-23)6-16(25)26-7-15(24)11-3-4-13(18)14(19)5-11/h3-5,8H,6-7H2,1-2H3. The summed E-state index contributed by atoms with van der Waals surface area (Å²) >= 11 is 11.7. The molecule has 26 heavy (non-hydrogen) atoms. The minimum Gasteiger partial charge on any atom is -0.457 e. The molecule has 0 amide bonds. The van der Waals surface area contributed by atoms with Crippen LogP contribution < -0.4 is 0 Å². The van der Waals surface area contributed by atoms with Crippen LogP contribution in [0.25, 0.3) is 5.78 Å². The van der Waals surface area contributed by atoms with E-state index in [0.717, 1.165) is 5.69 Å². The molecule has 0 aliphatic carbocycles. The number of rotatable bonds is 5. The number of nitrogens with zero attached hydrogens (tertiary/aromatic N) is 4. The van der Waals surface area contributed by atoms with E-state index in [9.17, 15) is 9.59 Å². The maximum atomic E-state index is 12.2. The van der Waals surface area contributed by atoms with Gasteiger partial charge in [-0.15, -0.1) is 0 Å². The summed E-state index contributed by atoms with van der Waals surface area (Å²) in [6.45, 7) is 3.22. The molecule has 0 radical (unpaired) electrons. The van der Waals surface area contributed by atoms with E-state index in [1.807, 2.05) is 6.92 Å². The maximum absolute atomic E-state index is 12.2. The number of benzene rings is 1. The lowest BCUT2D eigenvalue weighted by Gasteiger charge is -2.10. The number of aromatic nitrogens is 4. The number of halogens is 2. The van der Waals surface area contributed by atoms with Crippen LogP contribution >= 0.6 is 23.2 Å². The molecule has 0 spiro atoms. The number of ketones is 1. The summed E-state index contributed by atoms with van der Waals surface area (Å²) in [5, 5.41) is 4.69. The van der Waals surface area contributed by atoms with Crippen LogP contribution in [0.5, 0.6) is 0 Å². The minimum atomic E-state index is -0.536.